The second-order valence-corrected chi connectivity index (χ2v) is 8.01. The predicted molar refractivity (Wildman–Crippen MR) is 85.5 cm³/mol. The summed E-state index contributed by atoms with van der Waals surface area (Å²) in [7, 11) is 0.825. The van der Waals surface area contributed by atoms with E-state index in [-0.39, 0.29) is 17.7 Å². The van der Waals surface area contributed by atoms with Crippen molar-refractivity contribution in [3.05, 3.63) is 17.2 Å². The third kappa shape index (κ3) is 4.12. The van der Waals surface area contributed by atoms with Crippen LogP contribution < -0.4 is 0 Å². The summed E-state index contributed by atoms with van der Waals surface area (Å²) in [5, 5.41) is 3.54. The van der Waals surface area contributed by atoms with Gasteiger partial charge in [-0.2, -0.15) is 27.1 Å². The van der Waals surface area contributed by atoms with Crippen LogP contribution in [0.3, 0.4) is 0 Å². The van der Waals surface area contributed by atoms with Gasteiger partial charge in [-0.3, -0.25) is 4.68 Å². The molecule has 0 aliphatic carbocycles. The van der Waals surface area contributed by atoms with Crippen LogP contribution in [0.4, 0.5) is 26.3 Å². The number of nitrogens with zero attached hydrogens (tertiary/aromatic N) is 2. The van der Waals surface area contributed by atoms with Gasteiger partial charge in [0.25, 0.3) is 0 Å². The van der Waals surface area contributed by atoms with Crippen molar-refractivity contribution in [2.75, 3.05) is 6.61 Å². The lowest BCUT2D eigenvalue weighted by Gasteiger charge is -2.23. The minimum Gasteiger partial charge on any atom is -0.348 e. The molecule has 0 saturated carbocycles. The first-order valence-electron chi connectivity index (χ1n) is 8.88. The lowest BCUT2D eigenvalue weighted by molar-refractivity contribution is -0.292. The van der Waals surface area contributed by atoms with Crippen molar-refractivity contribution >= 4 is 0 Å². The Hall–Kier alpha value is -1.37. The number of alkyl halides is 5. The van der Waals surface area contributed by atoms with E-state index in [4.69, 9.17) is 18.9 Å². The van der Waals surface area contributed by atoms with Gasteiger partial charge in [-0.25, -0.2) is 4.39 Å². The van der Waals surface area contributed by atoms with Crippen LogP contribution in [-0.2, 0) is 38.3 Å². The van der Waals surface area contributed by atoms with E-state index in [1.807, 2.05) is 0 Å². The number of aromatic nitrogens is 2. The molecule has 0 aromatic carbocycles. The van der Waals surface area contributed by atoms with Crippen molar-refractivity contribution in [2.45, 2.75) is 76.1 Å². The summed E-state index contributed by atoms with van der Waals surface area (Å²) in [5.74, 6) is -9.11. The lowest BCUT2D eigenvalue weighted by atomic mass is 10.0. The summed E-state index contributed by atoms with van der Waals surface area (Å²) in [6, 6.07) is 0. The summed E-state index contributed by atoms with van der Waals surface area (Å²) in [4.78, 5) is 0. The van der Waals surface area contributed by atoms with E-state index >= 15 is 0 Å². The third-order valence-corrected chi connectivity index (χ3v) is 4.72. The Bertz CT molecular complexity index is 777. The molecule has 29 heavy (non-hydrogen) atoms. The predicted octanol–water partition coefficient (Wildman–Crippen LogP) is 3.43. The molecule has 12 heteroatoms. The molecule has 1 aromatic heterocycles. The quantitative estimate of drug-likeness (QED) is 0.683. The van der Waals surface area contributed by atoms with Crippen LogP contribution in [0.15, 0.2) is 0 Å². The molecule has 1 aromatic rings. The van der Waals surface area contributed by atoms with Crippen molar-refractivity contribution in [1.82, 2.24) is 9.78 Å². The second-order valence-electron chi connectivity index (χ2n) is 8.01. The van der Waals surface area contributed by atoms with Crippen LogP contribution in [-0.4, -0.2) is 52.4 Å². The molecule has 2 aliphatic rings. The van der Waals surface area contributed by atoms with Crippen LogP contribution in [0.5, 0.6) is 0 Å². The highest BCUT2D eigenvalue weighted by Gasteiger charge is 2.62. The van der Waals surface area contributed by atoms with Crippen LogP contribution in [0.2, 0.25) is 0 Å². The fourth-order valence-corrected chi connectivity index (χ4v) is 3.56. The zero-order valence-electron chi connectivity index (χ0n) is 16.4. The fraction of sp³-hybridized carbons (Fsp3) is 0.824. The van der Waals surface area contributed by atoms with E-state index in [0.717, 1.165) is 7.05 Å². The van der Waals surface area contributed by atoms with Gasteiger partial charge < -0.3 is 18.9 Å². The topological polar surface area (TPSA) is 54.7 Å². The molecule has 0 spiro atoms. The third-order valence-electron chi connectivity index (χ3n) is 4.72. The number of aryl methyl sites for hydroxylation is 1. The first-order valence-corrected chi connectivity index (χ1v) is 8.88. The van der Waals surface area contributed by atoms with E-state index in [2.05, 4.69) is 5.10 Å². The highest BCUT2D eigenvalue weighted by Crippen LogP contribution is 2.45. The molecular weight excluding hydrogens is 410 g/mol. The van der Waals surface area contributed by atoms with E-state index in [1.54, 1.807) is 27.7 Å². The molecule has 2 fully saturated rings. The number of halogens is 6. The molecule has 0 bridgehead atoms. The van der Waals surface area contributed by atoms with E-state index < -0.39 is 59.2 Å². The van der Waals surface area contributed by atoms with Gasteiger partial charge in [0.2, 0.25) is 0 Å². The van der Waals surface area contributed by atoms with Crippen LogP contribution in [0, 0.1) is 5.82 Å². The van der Waals surface area contributed by atoms with E-state index in [9.17, 15) is 26.3 Å². The summed E-state index contributed by atoms with van der Waals surface area (Å²) in [6.07, 6.45) is -8.61. The largest absolute Gasteiger partial charge is 0.459 e. The fourth-order valence-electron chi connectivity index (χ4n) is 3.56. The van der Waals surface area contributed by atoms with Gasteiger partial charge in [-0.05, 0) is 27.7 Å². The molecule has 3 atom stereocenters. The zero-order valence-corrected chi connectivity index (χ0v) is 16.4. The smallest absolute Gasteiger partial charge is 0.348 e. The minimum absolute atomic E-state index is 0.149. The Morgan fingerprint density at radius 1 is 1.03 bits per heavy atom. The van der Waals surface area contributed by atoms with Crippen molar-refractivity contribution in [1.29, 1.82) is 0 Å². The van der Waals surface area contributed by atoms with Crippen LogP contribution in [0.1, 0.15) is 39.1 Å². The average Bonchev–Trinajstić information content (AvgIpc) is 3.12. The van der Waals surface area contributed by atoms with Crippen molar-refractivity contribution < 1.29 is 45.3 Å². The summed E-state index contributed by atoms with van der Waals surface area (Å²) in [5.41, 5.74) is -2.43. The van der Waals surface area contributed by atoms with Gasteiger partial charge in [0.1, 0.15) is 17.9 Å². The van der Waals surface area contributed by atoms with Crippen molar-refractivity contribution in [3.8, 4) is 0 Å². The van der Waals surface area contributed by atoms with Crippen molar-refractivity contribution in [3.63, 3.8) is 0 Å². The van der Waals surface area contributed by atoms with Crippen molar-refractivity contribution in [2.24, 2.45) is 7.05 Å². The highest BCUT2D eigenvalue weighted by molar-refractivity contribution is 5.21. The first kappa shape index (κ1) is 22.3. The standard InChI is InChI=1S/C17H22F6N2O4/c1-14(2)26-7-10(28-14)12-9(27-15(3,4)29-12)6-8-11(18)13(25(5)24-8)16(19,20)17(21,22)23/h9-10,12H,6-7H2,1-5H3/t9-,10+,12-/m0/s1. The number of rotatable bonds is 4. The summed E-state index contributed by atoms with van der Waals surface area (Å²) >= 11 is 0. The average molecular weight is 432 g/mol. The Morgan fingerprint density at radius 3 is 2.17 bits per heavy atom. The zero-order chi connectivity index (χ0) is 22.0. The first-order chi connectivity index (χ1) is 13.0. The summed E-state index contributed by atoms with van der Waals surface area (Å²) in [6.45, 7) is 6.72. The van der Waals surface area contributed by atoms with Gasteiger partial charge >= 0.3 is 12.1 Å². The SMILES string of the molecule is Cn1nc(C[C@@H]2OC(C)(C)O[C@@H]2[C@H]2COC(C)(C)O2)c(F)c1C(F)(F)C(F)(F)F. The minimum atomic E-state index is -5.96. The molecule has 166 valence electrons. The molecule has 6 nitrogen and oxygen atoms in total. The number of ether oxygens (including phenoxy) is 4. The molecule has 2 saturated heterocycles. The molecule has 0 unspecified atom stereocenters. The maximum absolute atomic E-state index is 14.6. The van der Waals surface area contributed by atoms with Gasteiger partial charge in [-0.15, -0.1) is 0 Å². The molecule has 3 rings (SSSR count). The van der Waals surface area contributed by atoms with E-state index in [0.29, 0.717) is 0 Å². The lowest BCUT2D eigenvalue weighted by Crippen LogP contribution is -2.39. The Kier molecular flexibility index (Phi) is 5.25. The molecular formula is C17H22F6N2O4. The number of hydrogen-bond donors (Lipinski definition) is 0. The van der Waals surface area contributed by atoms with Gasteiger partial charge in [0.05, 0.1) is 12.7 Å². The molecule has 2 aliphatic heterocycles. The van der Waals surface area contributed by atoms with Gasteiger partial charge in [0.15, 0.2) is 23.1 Å². The normalized spacial score (nSPS) is 29.6. The van der Waals surface area contributed by atoms with Crippen LogP contribution >= 0.6 is 0 Å². The molecule has 0 N–H and O–H groups in total. The van der Waals surface area contributed by atoms with Crippen LogP contribution in [0.25, 0.3) is 0 Å². The summed E-state index contributed by atoms with van der Waals surface area (Å²) < 4.78 is 103. The molecule has 3 heterocycles. The Morgan fingerprint density at radius 2 is 1.66 bits per heavy atom. The highest BCUT2D eigenvalue weighted by atomic mass is 19.4. The van der Waals surface area contributed by atoms with Gasteiger partial charge in [-0.1, -0.05) is 0 Å². The Balaban J connectivity index is 1.88. The Labute approximate surface area is 163 Å². The molecule has 0 radical (unpaired) electrons. The monoisotopic (exact) mass is 432 g/mol. The number of hydrogen-bond acceptors (Lipinski definition) is 5. The molecule has 0 amide bonds. The maximum Gasteiger partial charge on any atom is 0.459 e. The second kappa shape index (κ2) is 6.82. The van der Waals surface area contributed by atoms with E-state index in [1.165, 1.54) is 0 Å². The maximum atomic E-state index is 14.6. The van der Waals surface area contributed by atoms with Gasteiger partial charge in [0, 0.05) is 13.5 Å².